The Labute approximate surface area is 284 Å². The minimum Gasteiger partial charge on any atom is -0.309 e. The lowest BCUT2D eigenvalue weighted by atomic mass is 9.96. The topological polar surface area (TPSA) is 43.6 Å². The molecule has 0 unspecified atom stereocenters. The first kappa shape index (κ1) is 28.6. The average molecular weight is 627 g/mol. The van der Waals surface area contributed by atoms with Crippen LogP contribution in [0, 0.1) is 0 Å². The number of pyridine rings is 3. The zero-order chi connectivity index (χ0) is 32.6. The fourth-order valence-corrected chi connectivity index (χ4v) is 6.76. The molecular weight excluding hydrogens is 597 g/mol. The van der Waals surface area contributed by atoms with Gasteiger partial charge in [0, 0.05) is 40.6 Å². The van der Waals surface area contributed by atoms with E-state index in [9.17, 15) is 0 Å². The van der Waals surface area contributed by atoms with Crippen molar-refractivity contribution in [2.24, 2.45) is 0 Å². The lowest BCUT2D eigenvalue weighted by Gasteiger charge is -2.12. The van der Waals surface area contributed by atoms with E-state index in [1.54, 1.807) is 0 Å². The van der Waals surface area contributed by atoms with Crippen LogP contribution in [-0.4, -0.2) is 19.5 Å². The molecule has 0 aliphatic rings. The van der Waals surface area contributed by atoms with Crippen LogP contribution in [-0.2, 0) is 0 Å². The molecule has 0 saturated carbocycles. The molecule has 9 rings (SSSR count). The molecule has 4 aromatic heterocycles. The fourth-order valence-electron chi connectivity index (χ4n) is 6.76. The maximum Gasteiger partial charge on any atom is 0.0899 e. The van der Waals surface area contributed by atoms with Gasteiger partial charge in [0.15, 0.2) is 0 Å². The molecule has 9 aromatic rings. The van der Waals surface area contributed by atoms with Gasteiger partial charge in [-0.2, -0.15) is 0 Å². The second kappa shape index (κ2) is 12.2. The van der Waals surface area contributed by atoms with Crippen LogP contribution in [0.4, 0.5) is 0 Å². The van der Waals surface area contributed by atoms with E-state index >= 15 is 0 Å². The quantitative estimate of drug-likeness (QED) is 0.184. The Hall–Kier alpha value is -6.65. The van der Waals surface area contributed by atoms with E-state index in [0.29, 0.717) is 0 Å². The molecule has 0 saturated heterocycles. The van der Waals surface area contributed by atoms with Crippen LogP contribution in [0.5, 0.6) is 0 Å². The van der Waals surface area contributed by atoms with Crippen molar-refractivity contribution in [1.29, 1.82) is 0 Å². The Morgan fingerprint density at radius 1 is 0.367 bits per heavy atom. The predicted octanol–water partition coefficient (Wildman–Crippen LogP) is 11.3. The first-order valence-electron chi connectivity index (χ1n) is 16.4. The van der Waals surface area contributed by atoms with Gasteiger partial charge in [-0.15, -0.1) is 0 Å². The van der Waals surface area contributed by atoms with Gasteiger partial charge in [-0.25, -0.2) is 4.98 Å². The summed E-state index contributed by atoms with van der Waals surface area (Å²) < 4.78 is 2.31. The lowest BCUT2D eigenvalue weighted by molar-refractivity contribution is 1.17. The molecule has 0 aliphatic heterocycles. The van der Waals surface area contributed by atoms with Gasteiger partial charge in [-0.05, 0) is 100 Å². The summed E-state index contributed by atoms with van der Waals surface area (Å²) in [5, 5.41) is 2.30. The molecule has 4 nitrogen and oxygen atoms in total. The van der Waals surface area contributed by atoms with Crippen molar-refractivity contribution in [3.05, 3.63) is 182 Å². The van der Waals surface area contributed by atoms with Gasteiger partial charge in [-0.3, -0.25) is 9.97 Å². The van der Waals surface area contributed by atoms with Crippen molar-refractivity contribution in [1.82, 2.24) is 19.5 Å². The van der Waals surface area contributed by atoms with Crippen molar-refractivity contribution in [3.63, 3.8) is 0 Å². The zero-order valence-electron chi connectivity index (χ0n) is 26.6. The number of para-hydroxylation sites is 1. The maximum atomic E-state index is 5.17. The number of hydrogen-bond donors (Lipinski definition) is 0. The highest BCUT2D eigenvalue weighted by Gasteiger charge is 2.15. The molecule has 0 amide bonds. The van der Waals surface area contributed by atoms with E-state index in [2.05, 4.69) is 154 Å². The van der Waals surface area contributed by atoms with Crippen molar-refractivity contribution in [3.8, 4) is 61.7 Å². The van der Waals surface area contributed by atoms with Crippen LogP contribution in [0.2, 0.25) is 0 Å². The van der Waals surface area contributed by atoms with Gasteiger partial charge in [0.2, 0.25) is 0 Å². The van der Waals surface area contributed by atoms with Gasteiger partial charge < -0.3 is 4.57 Å². The summed E-state index contributed by atoms with van der Waals surface area (Å²) in [5.41, 5.74) is 13.9. The molecule has 0 N–H and O–H groups in total. The summed E-state index contributed by atoms with van der Waals surface area (Å²) in [6, 6.07) is 57.5. The van der Waals surface area contributed by atoms with Crippen LogP contribution < -0.4 is 0 Å². The summed E-state index contributed by atoms with van der Waals surface area (Å²) in [6.45, 7) is 0. The molecule has 0 spiro atoms. The van der Waals surface area contributed by atoms with Crippen molar-refractivity contribution in [2.75, 3.05) is 0 Å². The molecule has 0 bridgehead atoms. The Balaban J connectivity index is 1.17. The van der Waals surface area contributed by atoms with Crippen LogP contribution in [0.1, 0.15) is 0 Å². The standard InChI is InChI=1S/C45H30N4/c1-3-11-31(12-4-1)32-13-9-15-34(25-32)37-28-42(48-43(29-37)41-19-7-8-23-47-41)36-16-10-14-33(26-36)35-20-21-44-39(27-35)40-30-46-24-22-45(40)49(44)38-17-5-2-6-18-38/h1-30H. The van der Waals surface area contributed by atoms with E-state index in [1.165, 1.54) is 16.5 Å². The van der Waals surface area contributed by atoms with Gasteiger partial charge >= 0.3 is 0 Å². The molecular formula is C45H30N4. The number of benzene rings is 5. The number of nitrogens with zero attached hydrogens (tertiary/aromatic N) is 4. The Morgan fingerprint density at radius 2 is 1.00 bits per heavy atom. The minimum atomic E-state index is 0.839. The second-order valence-corrected chi connectivity index (χ2v) is 12.2. The molecule has 0 atom stereocenters. The minimum absolute atomic E-state index is 0.839. The number of hydrogen-bond acceptors (Lipinski definition) is 3. The molecule has 0 aliphatic carbocycles. The highest BCUT2D eigenvalue weighted by Crippen LogP contribution is 2.37. The summed E-state index contributed by atoms with van der Waals surface area (Å²) in [6.07, 6.45) is 5.66. The maximum absolute atomic E-state index is 5.17. The lowest BCUT2D eigenvalue weighted by Crippen LogP contribution is -1.93. The smallest absolute Gasteiger partial charge is 0.0899 e. The fraction of sp³-hybridized carbons (Fsp3) is 0. The predicted molar refractivity (Wildman–Crippen MR) is 201 cm³/mol. The third kappa shape index (κ3) is 5.35. The van der Waals surface area contributed by atoms with Gasteiger partial charge in [0.25, 0.3) is 0 Å². The molecule has 49 heavy (non-hydrogen) atoms. The monoisotopic (exact) mass is 626 g/mol. The summed E-state index contributed by atoms with van der Waals surface area (Å²) >= 11 is 0. The number of aromatic nitrogens is 4. The van der Waals surface area contributed by atoms with E-state index in [0.717, 1.165) is 67.0 Å². The van der Waals surface area contributed by atoms with Crippen molar-refractivity contribution in [2.45, 2.75) is 0 Å². The third-order valence-corrected chi connectivity index (χ3v) is 9.13. The third-order valence-electron chi connectivity index (χ3n) is 9.13. The van der Waals surface area contributed by atoms with Crippen LogP contribution in [0.25, 0.3) is 83.5 Å². The average Bonchev–Trinajstić information content (AvgIpc) is 3.52. The van der Waals surface area contributed by atoms with Gasteiger partial charge in [0.1, 0.15) is 0 Å². The highest BCUT2D eigenvalue weighted by molar-refractivity contribution is 6.10. The van der Waals surface area contributed by atoms with Crippen molar-refractivity contribution >= 4 is 21.8 Å². The van der Waals surface area contributed by atoms with Crippen LogP contribution in [0.3, 0.4) is 0 Å². The highest BCUT2D eigenvalue weighted by atomic mass is 15.0. The van der Waals surface area contributed by atoms with E-state index < -0.39 is 0 Å². The second-order valence-electron chi connectivity index (χ2n) is 12.2. The Morgan fingerprint density at radius 3 is 1.80 bits per heavy atom. The number of rotatable bonds is 6. The molecule has 0 fully saturated rings. The normalized spacial score (nSPS) is 11.3. The molecule has 0 radical (unpaired) electrons. The zero-order valence-corrected chi connectivity index (χ0v) is 26.6. The SMILES string of the molecule is c1ccc(-c2cccc(-c3cc(-c4cccc(-c5ccc6c(c5)c5cnccc5n6-c5ccccc5)c4)nc(-c4ccccn4)c3)c2)cc1. The Bertz CT molecular complexity index is 2590. The molecule has 4 heteroatoms. The van der Waals surface area contributed by atoms with Crippen LogP contribution in [0.15, 0.2) is 182 Å². The van der Waals surface area contributed by atoms with Gasteiger partial charge in [0.05, 0.1) is 28.1 Å². The Kier molecular flexibility index (Phi) is 7.10. The number of fused-ring (bicyclic) bond motifs is 3. The van der Waals surface area contributed by atoms with E-state index in [4.69, 9.17) is 4.98 Å². The first-order chi connectivity index (χ1) is 24.3. The summed E-state index contributed by atoms with van der Waals surface area (Å²) in [7, 11) is 0. The molecule has 5 aromatic carbocycles. The van der Waals surface area contributed by atoms with E-state index in [-0.39, 0.29) is 0 Å². The van der Waals surface area contributed by atoms with E-state index in [1.807, 2.05) is 42.9 Å². The first-order valence-corrected chi connectivity index (χ1v) is 16.4. The van der Waals surface area contributed by atoms with Crippen LogP contribution >= 0.6 is 0 Å². The molecule has 4 heterocycles. The summed E-state index contributed by atoms with van der Waals surface area (Å²) in [4.78, 5) is 14.3. The summed E-state index contributed by atoms with van der Waals surface area (Å²) in [5.74, 6) is 0. The van der Waals surface area contributed by atoms with Crippen molar-refractivity contribution < 1.29 is 0 Å². The largest absolute Gasteiger partial charge is 0.309 e. The van der Waals surface area contributed by atoms with Gasteiger partial charge in [-0.1, -0.05) is 97.1 Å². The molecule has 230 valence electrons.